The monoisotopic (exact) mass is 320 g/mol. The third kappa shape index (κ3) is 3.07. The smallest absolute Gasteiger partial charge is 0.203 e. The summed E-state index contributed by atoms with van der Waals surface area (Å²) in [6.45, 7) is 0. The van der Waals surface area contributed by atoms with E-state index >= 15 is 0 Å². The average Bonchev–Trinajstić information content (AvgIpc) is 2.43. The molecule has 0 fully saturated rings. The summed E-state index contributed by atoms with van der Waals surface area (Å²) in [6.07, 6.45) is -1.94. The van der Waals surface area contributed by atoms with Crippen LogP contribution in [-0.4, -0.2) is 43.0 Å². The van der Waals surface area contributed by atoms with Crippen LogP contribution in [0.2, 0.25) is 0 Å². The van der Waals surface area contributed by atoms with Crippen molar-refractivity contribution in [3.05, 3.63) is 17.7 Å². The Morgan fingerprint density at radius 2 is 1.56 bits per heavy atom. The summed E-state index contributed by atoms with van der Waals surface area (Å²) in [5.41, 5.74) is 0.497. The summed E-state index contributed by atoms with van der Waals surface area (Å²) in [7, 11) is 4.49. The summed E-state index contributed by atoms with van der Waals surface area (Å²) in [6, 6.07) is 3.22. The zero-order valence-corrected chi connectivity index (χ0v) is 12.1. The lowest BCUT2D eigenvalue weighted by atomic mass is 10.0. The number of aliphatic hydroxyl groups is 2. The summed E-state index contributed by atoms with van der Waals surface area (Å²) >= 11 is 3.11. The second-order valence-corrected chi connectivity index (χ2v) is 4.27. The van der Waals surface area contributed by atoms with Crippen LogP contribution in [0.25, 0.3) is 0 Å². The largest absolute Gasteiger partial charge is 0.493 e. The van der Waals surface area contributed by atoms with E-state index in [-0.39, 0.29) is 5.33 Å². The van der Waals surface area contributed by atoms with E-state index in [1.54, 1.807) is 12.1 Å². The van der Waals surface area contributed by atoms with Crippen molar-refractivity contribution in [2.75, 3.05) is 26.7 Å². The molecule has 0 aliphatic rings. The highest BCUT2D eigenvalue weighted by atomic mass is 79.9. The van der Waals surface area contributed by atoms with Gasteiger partial charge in [0.05, 0.1) is 27.4 Å². The van der Waals surface area contributed by atoms with Crippen LogP contribution >= 0.6 is 15.9 Å². The number of hydrogen-bond acceptors (Lipinski definition) is 5. The fourth-order valence-corrected chi connectivity index (χ4v) is 1.93. The van der Waals surface area contributed by atoms with Gasteiger partial charge in [0.15, 0.2) is 11.5 Å². The predicted molar refractivity (Wildman–Crippen MR) is 70.9 cm³/mol. The van der Waals surface area contributed by atoms with Crippen molar-refractivity contribution in [3.8, 4) is 17.2 Å². The van der Waals surface area contributed by atoms with Crippen LogP contribution in [-0.2, 0) is 0 Å². The maximum atomic E-state index is 9.96. The van der Waals surface area contributed by atoms with E-state index in [9.17, 15) is 10.2 Å². The molecule has 6 heteroatoms. The van der Waals surface area contributed by atoms with Crippen molar-refractivity contribution in [2.24, 2.45) is 0 Å². The molecule has 2 N–H and O–H groups in total. The second kappa shape index (κ2) is 6.82. The molecule has 0 aliphatic carbocycles. The highest BCUT2D eigenvalue weighted by Crippen LogP contribution is 2.40. The molecule has 1 rings (SSSR count). The highest BCUT2D eigenvalue weighted by Gasteiger charge is 2.21. The normalized spacial score (nSPS) is 13.9. The van der Waals surface area contributed by atoms with E-state index in [0.29, 0.717) is 22.8 Å². The van der Waals surface area contributed by atoms with Gasteiger partial charge >= 0.3 is 0 Å². The van der Waals surface area contributed by atoms with Crippen molar-refractivity contribution in [1.29, 1.82) is 0 Å². The maximum absolute atomic E-state index is 9.96. The first-order valence-electron chi connectivity index (χ1n) is 5.31. The number of halogens is 1. The summed E-state index contributed by atoms with van der Waals surface area (Å²) in [4.78, 5) is 0. The van der Waals surface area contributed by atoms with Gasteiger partial charge in [-0.05, 0) is 17.7 Å². The average molecular weight is 321 g/mol. The SMILES string of the molecule is COc1cc(C(O)C(O)CBr)cc(OC)c1OC. The lowest BCUT2D eigenvalue weighted by molar-refractivity contribution is 0.0340. The first kappa shape index (κ1) is 15.1. The van der Waals surface area contributed by atoms with Gasteiger partial charge in [0.1, 0.15) is 6.10 Å². The minimum Gasteiger partial charge on any atom is -0.493 e. The number of ether oxygens (including phenoxy) is 3. The lowest BCUT2D eigenvalue weighted by Crippen LogP contribution is -2.19. The van der Waals surface area contributed by atoms with Crippen LogP contribution in [0.15, 0.2) is 12.1 Å². The molecule has 0 spiro atoms. The fourth-order valence-electron chi connectivity index (χ4n) is 1.58. The van der Waals surface area contributed by atoms with Gasteiger partial charge in [0.2, 0.25) is 5.75 Å². The molecule has 0 aliphatic heterocycles. The van der Waals surface area contributed by atoms with E-state index in [4.69, 9.17) is 14.2 Å². The summed E-state index contributed by atoms with van der Waals surface area (Å²) in [5, 5.41) is 19.9. The third-order valence-electron chi connectivity index (χ3n) is 2.55. The standard InChI is InChI=1S/C12H17BrO5/c1-16-9-4-7(11(15)8(14)6-13)5-10(17-2)12(9)18-3/h4-5,8,11,14-15H,6H2,1-3H3. The number of rotatable bonds is 6. The Balaban J connectivity index is 3.22. The van der Waals surface area contributed by atoms with Crippen molar-refractivity contribution >= 4 is 15.9 Å². The molecule has 1 aromatic carbocycles. The Morgan fingerprint density at radius 3 is 1.89 bits per heavy atom. The van der Waals surface area contributed by atoms with Gasteiger partial charge in [-0.1, -0.05) is 15.9 Å². The first-order chi connectivity index (χ1) is 8.58. The van der Waals surface area contributed by atoms with Crippen molar-refractivity contribution < 1.29 is 24.4 Å². The van der Waals surface area contributed by atoms with Gasteiger partial charge in [-0.15, -0.1) is 0 Å². The van der Waals surface area contributed by atoms with Crippen LogP contribution in [0.5, 0.6) is 17.2 Å². The second-order valence-electron chi connectivity index (χ2n) is 3.63. The zero-order chi connectivity index (χ0) is 13.7. The Hall–Kier alpha value is -0.980. The van der Waals surface area contributed by atoms with E-state index in [0.717, 1.165) is 0 Å². The van der Waals surface area contributed by atoms with E-state index in [1.165, 1.54) is 21.3 Å². The predicted octanol–water partition coefficient (Wildman–Crippen LogP) is 1.50. The molecule has 102 valence electrons. The van der Waals surface area contributed by atoms with Gasteiger partial charge in [0.25, 0.3) is 0 Å². The number of alkyl halides is 1. The molecule has 0 heterocycles. The Morgan fingerprint density at radius 1 is 1.06 bits per heavy atom. The summed E-state index contributed by atoms with van der Waals surface area (Å²) in [5.74, 6) is 1.32. The zero-order valence-electron chi connectivity index (χ0n) is 10.5. The number of methoxy groups -OCH3 is 3. The summed E-state index contributed by atoms with van der Waals surface area (Å²) < 4.78 is 15.5. The lowest BCUT2D eigenvalue weighted by Gasteiger charge is -2.19. The quantitative estimate of drug-likeness (QED) is 0.777. The van der Waals surface area contributed by atoms with Crippen molar-refractivity contribution in [1.82, 2.24) is 0 Å². The topological polar surface area (TPSA) is 68.2 Å². The van der Waals surface area contributed by atoms with Crippen molar-refractivity contribution in [2.45, 2.75) is 12.2 Å². The molecular weight excluding hydrogens is 304 g/mol. The van der Waals surface area contributed by atoms with Gasteiger partial charge < -0.3 is 24.4 Å². The Labute approximate surface area is 114 Å². The van der Waals surface area contributed by atoms with E-state index < -0.39 is 12.2 Å². The highest BCUT2D eigenvalue weighted by molar-refractivity contribution is 9.09. The minimum atomic E-state index is -1.03. The molecule has 0 saturated heterocycles. The van der Waals surface area contributed by atoms with Gasteiger partial charge in [-0.25, -0.2) is 0 Å². The number of hydrogen-bond donors (Lipinski definition) is 2. The van der Waals surface area contributed by atoms with Crippen LogP contribution in [0, 0.1) is 0 Å². The molecule has 0 amide bonds. The molecular formula is C12H17BrO5. The maximum Gasteiger partial charge on any atom is 0.203 e. The molecule has 0 bridgehead atoms. The van der Waals surface area contributed by atoms with Gasteiger partial charge in [0, 0.05) is 5.33 Å². The molecule has 2 unspecified atom stereocenters. The van der Waals surface area contributed by atoms with Crippen LogP contribution in [0.1, 0.15) is 11.7 Å². The third-order valence-corrected chi connectivity index (χ3v) is 3.21. The first-order valence-corrected chi connectivity index (χ1v) is 6.43. The van der Waals surface area contributed by atoms with Crippen LogP contribution < -0.4 is 14.2 Å². The Kier molecular flexibility index (Phi) is 5.71. The van der Waals surface area contributed by atoms with Crippen molar-refractivity contribution in [3.63, 3.8) is 0 Å². The van der Waals surface area contributed by atoms with Crippen LogP contribution in [0.4, 0.5) is 0 Å². The fraction of sp³-hybridized carbons (Fsp3) is 0.500. The molecule has 18 heavy (non-hydrogen) atoms. The van der Waals surface area contributed by atoms with Crippen LogP contribution in [0.3, 0.4) is 0 Å². The van der Waals surface area contributed by atoms with E-state index in [2.05, 4.69) is 15.9 Å². The Bertz CT molecular complexity index is 371. The number of aliphatic hydroxyl groups excluding tert-OH is 2. The molecule has 0 aromatic heterocycles. The van der Waals surface area contributed by atoms with Gasteiger partial charge in [-0.2, -0.15) is 0 Å². The number of benzene rings is 1. The van der Waals surface area contributed by atoms with Gasteiger partial charge in [-0.3, -0.25) is 0 Å². The molecule has 1 aromatic rings. The van der Waals surface area contributed by atoms with E-state index in [1.807, 2.05) is 0 Å². The minimum absolute atomic E-state index is 0.269. The molecule has 0 saturated carbocycles. The molecule has 2 atom stereocenters. The molecule has 5 nitrogen and oxygen atoms in total. The molecule has 0 radical (unpaired) electrons.